The number of rotatable bonds is 3. The Labute approximate surface area is 121 Å². The van der Waals surface area contributed by atoms with Crippen LogP contribution in [0.5, 0.6) is 0 Å². The fraction of sp³-hybridized carbons (Fsp3) is 0.938. The quantitative estimate of drug-likeness (QED) is 0.744. The lowest BCUT2D eigenvalue weighted by atomic mass is 9.73. The van der Waals surface area contributed by atoms with E-state index in [9.17, 15) is 4.79 Å². The topological polar surface area (TPSA) is 38.8 Å². The van der Waals surface area contributed by atoms with Gasteiger partial charge in [0.1, 0.15) is 0 Å². The van der Waals surface area contributed by atoms with Gasteiger partial charge < -0.3 is 14.4 Å². The van der Waals surface area contributed by atoms with Gasteiger partial charge in [-0.05, 0) is 65.0 Å². The third kappa shape index (κ3) is 2.86. The number of hydrogen-bond donors (Lipinski definition) is 0. The van der Waals surface area contributed by atoms with Gasteiger partial charge in [0.05, 0.1) is 18.1 Å². The van der Waals surface area contributed by atoms with Crippen molar-refractivity contribution in [1.29, 1.82) is 0 Å². The van der Waals surface area contributed by atoms with Crippen molar-refractivity contribution < 1.29 is 14.3 Å². The zero-order chi connectivity index (χ0) is 14.0. The Morgan fingerprint density at radius 2 is 2.05 bits per heavy atom. The average molecular weight is 281 g/mol. The molecule has 0 amide bonds. The van der Waals surface area contributed by atoms with Crippen LogP contribution < -0.4 is 0 Å². The second-order valence-corrected chi connectivity index (χ2v) is 6.59. The lowest BCUT2D eigenvalue weighted by Crippen LogP contribution is -2.53. The normalized spacial score (nSPS) is 30.9. The Morgan fingerprint density at radius 1 is 1.30 bits per heavy atom. The lowest BCUT2D eigenvalue weighted by Gasteiger charge is -2.50. The molecule has 20 heavy (non-hydrogen) atoms. The molecule has 114 valence electrons. The van der Waals surface area contributed by atoms with E-state index >= 15 is 0 Å². The van der Waals surface area contributed by atoms with Crippen molar-refractivity contribution in [2.24, 2.45) is 5.92 Å². The molecule has 1 saturated carbocycles. The zero-order valence-corrected chi connectivity index (χ0v) is 12.6. The van der Waals surface area contributed by atoms with Crippen LogP contribution in [0.4, 0.5) is 0 Å². The smallest absolute Gasteiger partial charge is 0.309 e. The molecule has 3 rings (SSSR count). The summed E-state index contributed by atoms with van der Waals surface area (Å²) in [6, 6.07) is 0.673. The summed E-state index contributed by atoms with van der Waals surface area (Å²) in [5.74, 6) is 0.137. The maximum atomic E-state index is 11.8. The number of carbonyl (C=O) groups excluding carboxylic acids is 1. The van der Waals surface area contributed by atoms with Gasteiger partial charge in [0, 0.05) is 12.6 Å². The van der Waals surface area contributed by atoms with Crippen LogP contribution in [-0.4, -0.2) is 48.8 Å². The van der Waals surface area contributed by atoms with Gasteiger partial charge in [-0.1, -0.05) is 0 Å². The maximum Gasteiger partial charge on any atom is 0.309 e. The van der Waals surface area contributed by atoms with E-state index < -0.39 is 0 Å². The van der Waals surface area contributed by atoms with Crippen molar-refractivity contribution in [3.63, 3.8) is 0 Å². The number of hydrogen-bond acceptors (Lipinski definition) is 4. The van der Waals surface area contributed by atoms with E-state index in [0.29, 0.717) is 12.6 Å². The van der Waals surface area contributed by atoms with Crippen LogP contribution in [0, 0.1) is 5.92 Å². The highest BCUT2D eigenvalue weighted by atomic mass is 16.5. The summed E-state index contributed by atoms with van der Waals surface area (Å²) in [4.78, 5) is 14.4. The summed E-state index contributed by atoms with van der Waals surface area (Å²) < 4.78 is 11.2. The van der Waals surface area contributed by atoms with Gasteiger partial charge in [-0.2, -0.15) is 0 Å². The van der Waals surface area contributed by atoms with E-state index in [1.807, 2.05) is 6.92 Å². The average Bonchev–Trinajstić information content (AvgIpc) is 2.46. The zero-order valence-electron chi connectivity index (χ0n) is 12.6. The molecular formula is C16H27NO3. The molecule has 4 nitrogen and oxygen atoms in total. The van der Waals surface area contributed by atoms with E-state index in [1.54, 1.807) is 0 Å². The molecule has 3 fully saturated rings. The second-order valence-electron chi connectivity index (χ2n) is 6.59. The van der Waals surface area contributed by atoms with E-state index in [4.69, 9.17) is 9.47 Å². The van der Waals surface area contributed by atoms with Gasteiger partial charge in [-0.15, -0.1) is 0 Å². The maximum absolute atomic E-state index is 11.8. The van der Waals surface area contributed by atoms with Gasteiger partial charge in [0.15, 0.2) is 0 Å². The highest BCUT2D eigenvalue weighted by Crippen LogP contribution is 2.43. The predicted octanol–water partition coefficient (Wildman–Crippen LogP) is 2.36. The second kappa shape index (κ2) is 6.02. The molecule has 1 aliphatic carbocycles. The molecule has 0 radical (unpaired) electrons. The molecule has 2 saturated heterocycles. The minimum Gasteiger partial charge on any atom is -0.466 e. The van der Waals surface area contributed by atoms with Crippen LogP contribution in [0.3, 0.4) is 0 Å². The van der Waals surface area contributed by atoms with Crippen molar-refractivity contribution >= 4 is 5.97 Å². The molecule has 1 spiro atoms. The third-order valence-corrected chi connectivity index (χ3v) is 5.40. The van der Waals surface area contributed by atoms with Crippen LogP contribution in [0.1, 0.15) is 51.9 Å². The summed E-state index contributed by atoms with van der Waals surface area (Å²) in [7, 11) is 0. The van der Waals surface area contributed by atoms with Crippen molar-refractivity contribution in [3.05, 3.63) is 0 Å². The first-order valence-corrected chi connectivity index (χ1v) is 8.27. The summed E-state index contributed by atoms with van der Waals surface area (Å²) in [6.45, 7) is 5.39. The SMILES string of the molecule is CCOC(=O)C1CCN(C2CCOC3(CCC3)C2)CC1. The summed E-state index contributed by atoms with van der Waals surface area (Å²) in [5, 5.41) is 0. The molecule has 0 aromatic heterocycles. The first-order chi connectivity index (χ1) is 9.72. The Morgan fingerprint density at radius 3 is 2.65 bits per heavy atom. The number of piperidine rings is 1. The van der Waals surface area contributed by atoms with Crippen LogP contribution in [-0.2, 0) is 14.3 Å². The molecule has 2 aliphatic heterocycles. The molecule has 0 bridgehead atoms. The number of esters is 1. The van der Waals surface area contributed by atoms with E-state index in [0.717, 1.165) is 39.0 Å². The van der Waals surface area contributed by atoms with Crippen molar-refractivity contribution in [2.75, 3.05) is 26.3 Å². The molecule has 2 heterocycles. The lowest BCUT2D eigenvalue weighted by molar-refractivity contribution is -0.156. The van der Waals surface area contributed by atoms with Gasteiger partial charge >= 0.3 is 5.97 Å². The number of ether oxygens (including phenoxy) is 2. The van der Waals surface area contributed by atoms with Crippen molar-refractivity contribution in [1.82, 2.24) is 4.90 Å². The Hall–Kier alpha value is -0.610. The minimum atomic E-state index is 0.00888. The molecule has 0 N–H and O–H groups in total. The largest absolute Gasteiger partial charge is 0.466 e. The van der Waals surface area contributed by atoms with Crippen LogP contribution in [0.25, 0.3) is 0 Å². The number of likely N-dealkylation sites (tertiary alicyclic amines) is 1. The van der Waals surface area contributed by atoms with E-state index in [2.05, 4.69) is 4.90 Å². The summed E-state index contributed by atoms with van der Waals surface area (Å²) in [5.41, 5.74) is 0.223. The predicted molar refractivity (Wildman–Crippen MR) is 76.5 cm³/mol. The number of nitrogens with zero attached hydrogens (tertiary/aromatic N) is 1. The molecule has 1 unspecified atom stereocenters. The standard InChI is InChI=1S/C16H27NO3/c1-2-19-15(18)13-4-9-17(10-5-13)14-6-11-20-16(12-14)7-3-8-16/h13-14H,2-12H2,1H3. The molecule has 1 atom stereocenters. The minimum absolute atomic E-state index is 0.00888. The highest BCUT2D eigenvalue weighted by molar-refractivity contribution is 5.72. The van der Waals surface area contributed by atoms with Crippen LogP contribution in [0.2, 0.25) is 0 Å². The van der Waals surface area contributed by atoms with Gasteiger partial charge in [0.2, 0.25) is 0 Å². The molecule has 4 heteroatoms. The monoisotopic (exact) mass is 281 g/mol. The molecular weight excluding hydrogens is 254 g/mol. The molecule has 0 aromatic carbocycles. The fourth-order valence-corrected chi connectivity index (χ4v) is 3.99. The summed E-state index contributed by atoms with van der Waals surface area (Å²) in [6.07, 6.45) is 8.12. The van der Waals surface area contributed by atoms with Crippen LogP contribution >= 0.6 is 0 Å². The van der Waals surface area contributed by atoms with Crippen molar-refractivity contribution in [3.8, 4) is 0 Å². The van der Waals surface area contributed by atoms with Crippen LogP contribution in [0.15, 0.2) is 0 Å². The first kappa shape index (κ1) is 14.3. The highest BCUT2D eigenvalue weighted by Gasteiger charge is 2.44. The first-order valence-electron chi connectivity index (χ1n) is 8.27. The Bertz CT molecular complexity index is 346. The Balaban J connectivity index is 1.49. The van der Waals surface area contributed by atoms with E-state index in [-0.39, 0.29) is 17.5 Å². The van der Waals surface area contributed by atoms with Gasteiger partial charge in [-0.25, -0.2) is 0 Å². The van der Waals surface area contributed by atoms with Gasteiger partial charge in [-0.3, -0.25) is 4.79 Å². The number of carbonyl (C=O) groups is 1. The third-order valence-electron chi connectivity index (χ3n) is 5.40. The van der Waals surface area contributed by atoms with Gasteiger partial charge in [0.25, 0.3) is 0 Å². The fourth-order valence-electron chi connectivity index (χ4n) is 3.99. The van der Waals surface area contributed by atoms with Crippen molar-refractivity contribution in [2.45, 2.75) is 63.5 Å². The molecule has 0 aromatic rings. The van der Waals surface area contributed by atoms with E-state index in [1.165, 1.54) is 25.7 Å². The molecule has 3 aliphatic rings. The Kier molecular flexibility index (Phi) is 4.32. The summed E-state index contributed by atoms with van der Waals surface area (Å²) >= 11 is 0.